The zero-order valence-corrected chi connectivity index (χ0v) is 24.3. The summed E-state index contributed by atoms with van der Waals surface area (Å²) in [5.74, 6) is -3.03. The Bertz CT molecular complexity index is 1130. The molecule has 0 bridgehead atoms. The molecule has 3 fully saturated rings. The molecule has 3 aliphatic rings. The highest BCUT2D eigenvalue weighted by Gasteiger charge is 2.57. The van der Waals surface area contributed by atoms with E-state index in [0.29, 0.717) is 5.56 Å². The number of esters is 4. The van der Waals surface area contributed by atoms with Gasteiger partial charge in [-0.15, -0.1) is 0 Å². The summed E-state index contributed by atoms with van der Waals surface area (Å²) in [5, 5.41) is 11.3. The van der Waals surface area contributed by atoms with Gasteiger partial charge in [0.1, 0.15) is 37.1 Å². The first-order chi connectivity index (χ1) is 20.5. The molecule has 4 rings (SSSR count). The van der Waals surface area contributed by atoms with Crippen molar-refractivity contribution in [2.45, 2.75) is 95.4 Å². The molecule has 11 atom stereocenters. The lowest BCUT2D eigenvalue weighted by Crippen LogP contribution is -2.67. The van der Waals surface area contributed by atoms with Crippen molar-refractivity contribution >= 4 is 23.9 Å². The number of methoxy groups -OCH3 is 1. The quantitative estimate of drug-likeness (QED) is 0.297. The molecule has 15 nitrogen and oxygen atoms in total. The Kier molecular flexibility index (Phi) is 11.1. The van der Waals surface area contributed by atoms with Crippen LogP contribution in [0.5, 0.6) is 0 Å². The molecule has 1 N–H and O–H groups in total. The first kappa shape index (κ1) is 32.7. The van der Waals surface area contributed by atoms with Crippen LogP contribution in [0.4, 0.5) is 0 Å². The zero-order chi connectivity index (χ0) is 31.3. The van der Waals surface area contributed by atoms with Crippen molar-refractivity contribution in [2.24, 2.45) is 0 Å². The first-order valence-electron chi connectivity index (χ1n) is 13.6. The Balaban J connectivity index is 1.69. The second-order valence-corrected chi connectivity index (χ2v) is 10.1. The monoisotopic (exact) mass is 612 g/mol. The molecule has 15 heteroatoms. The van der Waals surface area contributed by atoms with E-state index in [1.807, 2.05) is 18.2 Å². The lowest BCUT2D eigenvalue weighted by atomic mass is 9.95. The number of carbonyl (C=O) groups is 4. The van der Waals surface area contributed by atoms with E-state index in [2.05, 4.69) is 0 Å². The van der Waals surface area contributed by atoms with Crippen LogP contribution in [0.3, 0.4) is 0 Å². The molecule has 238 valence electrons. The van der Waals surface area contributed by atoms with Crippen molar-refractivity contribution in [1.29, 1.82) is 0 Å². The van der Waals surface area contributed by atoms with Gasteiger partial charge in [0.2, 0.25) is 0 Å². The molecule has 0 radical (unpaired) electrons. The zero-order valence-electron chi connectivity index (χ0n) is 24.3. The van der Waals surface area contributed by atoms with E-state index in [9.17, 15) is 24.3 Å². The van der Waals surface area contributed by atoms with E-state index in [0.717, 1.165) is 27.7 Å². The van der Waals surface area contributed by atoms with Gasteiger partial charge in [-0.25, -0.2) is 0 Å². The molecule has 0 amide bonds. The first-order valence-corrected chi connectivity index (χ1v) is 13.6. The van der Waals surface area contributed by atoms with E-state index in [4.69, 9.17) is 47.4 Å². The van der Waals surface area contributed by atoms with Gasteiger partial charge in [-0.3, -0.25) is 19.2 Å². The van der Waals surface area contributed by atoms with Crippen molar-refractivity contribution in [3.05, 3.63) is 35.9 Å². The summed E-state index contributed by atoms with van der Waals surface area (Å²) in [4.78, 5) is 48.0. The van der Waals surface area contributed by atoms with Gasteiger partial charge in [0.15, 0.2) is 37.2 Å². The SMILES string of the molecule is CO[C@H]1O[C@@H]2CO[C@H](c3ccccc3)O[C@@H]2[C@H](O[C@H]2O[C@H](COC(C)=O)[C@@H](OC(C)=O)[C@H](OC(C)=O)[C@H]2OC(C)=O)[C@H]1O. The van der Waals surface area contributed by atoms with Crippen LogP contribution < -0.4 is 0 Å². The number of fused-ring (bicyclic) bond motifs is 1. The van der Waals surface area contributed by atoms with Crippen molar-refractivity contribution in [3.8, 4) is 0 Å². The van der Waals surface area contributed by atoms with Crippen molar-refractivity contribution < 1.29 is 71.7 Å². The van der Waals surface area contributed by atoms with E-state index in [1.54, 1.807) is 12.1 Å². The average Bonchev–Trinajstić information content (AvgIpc) is 2.95. The number of carbonyl (C=O) groups excluding carboxylic acids is 4. The van der Waals surface area contributed by atoms with Crippen LogP contribution in [-0.4, -0.2) is 111 Å². The number of aliphatic hydroxyl groups is 1. The van der Waals surface area contributed by atoms with Crippen molar-refractivity contribution in [1.82, 2.24) is 0 Å². The van der Waals surface area contributed by atoms with Crippen LogP contribution in [-0.2, 0) is 66.5 Å². The highest BCUT2D eigenvalue weighted by Crippen LogP contribution is 2.38. The van der Waals surface area contributed by atoms with E-state index >= 15 is 0 Å². The number of aliphatic hydroxyl groups excluding tert-OH is 1. The minimum Gasteiger partial charge on any atom is -0.463 e. The van der Waals surface area contributed by atoms with Gasteiger partial charge in [-0.1, -0.05) is 30.3 Å². The maximum absolute atomic E-state index is 12.2. The normalized spacial score (nSPS) is 35.6. The predicted octanol–water partition coefficient (Wildman–Crippen LogP) is 0.301. The number of hydrogen-bond acceptors (Lipinski definition) is 15. The average molecular weight is 613 g/mol. The number of rotatable bonds is 9. The molecule has 0 saturated carbocycles. The fourth-order valence-electron chi connectivity index (χ4n) is 5.15. The summed E-state index contributed by atoms with van der Waals surface area (Å²) in [6.45, 7) is 4.11. The molecule has 1 aromatic carbocycles. The Hall–Kier alpha value is -3.18. The van der Waals surface area contributed by atoms with Gasteiger partial charge >= 0.3 is 23.9 Å². The van der Waals surface area contributed by atoms with Gasteiger partial charge in [0, 0.05) is 40.4 Å². The van der Waals surface area contributed by atoms with Crippen LogP contribution in [0.2, 0.25) is 0 Å². The molecular weight excluding hydrogens is 576 g/mol. The fraction of sp³-hybridized carbons (Fsp3) is 0.643. The van der Waals surface area contributed by atoms with E-state index in [-0.39, 0.29) is 6.61 Å². The molecule has 43 heavy (non-hydrogen) atoms. The maximum Gasteiger partial charge on any atom is 0.303 e. The second-order valence-electron chi connectivity index (χ2n) is 10.1. The second kappa shape index (κ2) is 14.5. The molecule has 3 heterocycles. The highest BCUT2D eigenvalue weighted by atomic mass is 16.8. The number of ether oxygens (including phenoxy) is 10. The molecule has 0 aromatic heterocycles. The van der Waals surface area contributed by atoms with Crippen LogP contribution in [0.1, 0.15) is 39.5 Å². The standard InChI is InChI=1S/C28H36O15/c1-13(29)35-11-18-22(37-14(2)30)24(38-15(3)31)25(39-16(4)32)28(41-18)43-23-20(33)27(34-5)40-19-12-36-26(42-21(19)23)17-9-7-6-8-10-17/h6-10,18-28,33H,11-12H2,1-5H3/t18-,19-,20-,21+,22-,23-,24+,25-,26+,27+,28-/m1/s1. The molecule has 3 saturated heterocycles. The van der Waals surface area contributed by atoms with Crippen molar-refractivity contribution in [2.75, 3.05) is 20.3 Å². The Morgan fingerprint density at radius 2 is 1.42 bits per heavy atom. The Morgan fingerprint density at radius 1 is 0.791 bits per heavy atom. The summed E-state index contributed by atoms with van der Waals surface area (Å²) in [6.07, 6.45) is -13.5. The van der Waals surface area contributed by atoms with Gasteiger partial charge in [0.05, 0.1) is 6.61 Å². The van der Waals surface area contributed by atoms with E-state index in [1.165, 1.54) is 7.11 Å². The summed E-state index contributed by atoms with van der Waals surface area (Å²) in [6, 6.07) is 9.07. The van der Waals surface area contributed by atoms with Gasteiger partial charge in [0.25, 0.3) is 0 Å². The third-order valence-corrected chi connectivity index (χ3v) is 6.85. The third kappa shape index (κ3) is 8.06. The maximum atomic E-state index is 12.2. The summed E-state index contributed by atoms with van der Waals surface area (Å²) in [5.41, 5.74) is 0.704. The molecular formula is C28H36O15. The molecule has 3 aliphatic heterocycles. The Labute approximate surface area is 247 Å². The smallest absolute Gasteiger partial charge is 0.303 e. The van der Waals surface area contributed by atoms with Gasteiger partial charge < -0.3 is 52.5 Å². The van der Waals surface area contributed by atoms with Crippen LogP contribution in [0, 0.1) is 0 Å². The van der Waals surface area contributed by atoms with E-state index < -0.39 is 98.2 Å². The minimum absolute atomic E-state index is 0.0508. The van der Waals surface area contributed by atoms with Crippen molar-refractivity contribution in [3.63, 3.8) is 0 Å². The number of benzene rings is 1. The van der Waals surface area contributed by atoms with Gasteiger partial charge in [-0.05, 0) is 0 Å². The molecule has 1 aromatic rings. The highest BCUT2D eigenvalue weighted by molar-refractivity contribution is 5.68. The summed E-state index contributed by atoms with van der Waals surface area (Å²) in [7, 11) is 1.33. The Morgan fingerprint density at radius 3 is 2.02 bits per heavy atom. The molecule has 0 unspecified atom stereocenters. The predicted molar refractivity (Wildman–Crippen MR) is 139 cm³/mol. The molecule has 0 aliphatic carbocycles. The minimum atomic E-state index is -1.56. The van der Waals surface area contributed by atoms with Crippen LogP contribution in [0.15, 0.2) is 30.3 Å². The lowest BCUT2D eigenvalue weighted by molar-refractivity contribution is -0.390. The third-order valence-electron chi connectivity index (χ3n) is 6.85. The fourth-order valence-corrected chi connectivity index (χ4v) is 5.15. The number of hydrogen-bond donors (Lipinski definition) is 1. The largest absolute Gasteiger partial charge is 0.463 e. The van der Waals surface area contributed by atoms with Crippen LogP contribution >= 0.6 is 0 Å². The van der Waals surface area contributed by atoms with Gasteiger partial charge in [-0.2, -0.15) is 0 Å². The summed E-state index contributed by atoms with van der Waals surface area (Å²) >= 11 is 0. The molecule has 0 spiro atoms. The van der Waals surface area contributed by atoms with Crippen LogP contribution in [0.25, 0.3) is 0 Å². The summed E-state index contributed by atoms with van der Waals surface area (Å²) < 4.78 is 57.1. The lowest BCUT2D eigenvalue weighted by Gasteiger charge is -2.50. The topological polar surface area (TPSA) is 181 Å².